The Kier molecular flexibility index (Phi) is 3.16. The minimum absolute atomic E-state index is 0.525. The molecular formula is C17H19N. The van der Waals surface area contributed by atoms with E-state index in [0.29, 0.717) is 6.04 Å². The lowest BCUT2D eigenvalue weighted by Gasteiger charge is -2.34. The van der Waals surface area contributed by atoms with Gasteiger partial charge in [-0.1, -0.05) is 54.6 Å². The van der Waals surface area contributed by atoms with E-state index in [0.717, 1.165) is 13.0 Å². The summed E-state index contributed by atoms with van der Waals surface area (Å²) >= 11 is 0. The van der Waals surface area contributed by atoms with Gasteiger partial charge in [0.15, 0.2) is 0 Å². The van der Waals surface area contributed by atoms with E-state index in [-0.39, 0.29) is 0 Å². The van der Waals surface area contributed by atoms with Crippen LogP contribution in [-0.4, -0.2) is 18.5 Å². The molecule has 2 aromatic rings. The molecule has 0 bridgehead atoms. The molecule has 92 valence electrons. The Morgan fingerprint density at radius 3 is 2.56 bits per heavy atom. The van der Waals surface area contributed by atoms with Crippen LogP contribution in [0.3, 0.4) is 0 Å². The van der Waals surface area contributed by atoms with Crippen LogP contribution in [0.5, 0.6) is 0 Å². The van der Waals surface area contributed by atoms with E-state index in [1.807, 2.05) is 0 Å². The third-order valence-corrected chi connectivity index (χ3v) is 3.95. The minimum atomic E-state index is 0.525. The summed E-state index contributed by atoms with van der Waals surface area (Å²) in [7, 11) is 2.24. The van der Waals surface area contributed by atoms with Crippen LogP contribution in [-0.2, 0) is 12.8 Å². The van der Waals surface area contributed by atoms with Crippen molar-refractivity contribution < 1.29 is 0 Å². The molecule has 0 aliphatic carbocycles. The van der Waals surface area contributed by atoms with Crippen LogP contribution in [0.15, 0.2) is 54.6 Å². The normalized spacial score (nSPS) is 19.5. The summed E-state index contributed by atoms with van der Waals surface area (Å²) in [6.07, 6.45) is 2.28. The molecule has 0 spiro atoms. The van der Waals surface area contributed by atoms with Crippen molar-refractivity contribution in [3.63, 3.8) is 0 Å². The highest BCUT2D eigenvalue weighted by atomic mass is 15.1. The minimum Gasteiger partial charge on any atom is -0.299 e. The predicted octanol–water partition coefficient (Wildman–Crippen LogP) is 3.46. The van der Waals surface area contributed by atoms with Crippen molar-refractivity contribution >= 4 is 0 Å². The maximum atomic E-state index is 2.48. The van der Waals surface area contributed by atoms with Crippen molar-refractivity contribution in [2.45, 2.75) is 18.9 Å². The summed E-state index contributed by atoms with van der Waals surface area (Å²) in [6.45, 7) is 1.16. The van der Waals surface area contributed by atoms with Crippen molar-refractivity contribution in [2.75, 3.05) is 13.6 Å². The lowest BCUT2D eigenvalue weighted by molar-refractivity contribution is 0.229. The zero-order chi connectivity index (χ0) is 12.4. The summed E-state index contributed by atoms with van der Waals surface area (Å²) in [6, 6.07) is 20.2. The van der Waals surface area contributed by atoms with E-state index in [9.17, 15) is 0 Å². The molecule has 2 aromatic carbocycles. The van der Waals surface area contributed by atoms with Gasteiger partial charge in [-0.3, -0.25) is 4.90 Å². The SMILES string of the molecule is CN1CCc2ccccc2C1Cc1ccccc1. The molecule has 0 aromatic heterocycles. The number of benzene rings is 2. The van der Waals surface area contributed by atoms with Gasteiger partial charge in [0.05, 0.1) is 0 Å². The summed E-state index contributed by atoms with van der Waals surface area (Å²) in [5, 5.41) is 0. The van der Waals surface area contributed by atoms with E-state index >= 15 is 0 Å². The van der Waals surface area contributed by atoms with Crippen molar-refractivity contribution in [1.82, 2.24) is 4.90 Å². The molecule has 1 heteroatoms. The molecule has 1 unspecified atom stereocenters. The highest BCUT2D eigenvalue weighted by Gasteiger charge is 2.24. The second kappa shape index (κ2) is 4.95. The summed E-state index contributed by atoms with van der Waals surface area (Å²) < 4.78 is 0. The lowest BCUT2D eigenvalue weighted by atomic mass is 9.89. The molecule has 1 aliphatic rings. The third-order valence-electron chi connectivity index (χ3n) is 3.95. The second-order valence-corrected chi connectivity index (χ2v) is 5.13. The number of hydrogen-bond acceptors (Lipinski definition) is 1. The van der Waals surface area contributed by atoms with Crippen LogP contribution < -0.4 is 0 Å². The first-order valence-electron chi connectivity index (χ1n) is 6.66. The molecule has 3 rings (SSSR count). The Morgan fingerprint density at radius 1 is 1.00 bits per heavy atom. The molecule has 1 nitrogen and oxygen atoms in total. The summed E-state index contributed by atoms with van der Waals surface area (Å²) in [5.41, 5.74) is 4.46. The van der Waals surface area contributed by atoms with Gasteiger partial charge < -0.3 is 0 Å². The molecule has 18 heavy (non-hydrogen) atoms. The van der Waals surface area contributed by atoms with Crippen LogP contribution >= 0.6 is 0 Å². The van der Waals surface area contributed by atoms with Crippen LogP contribution in [0.1, 0.15) is 22.7 Å². The first-order chi connectivity index (χ1) is 8.84. The van der Waals surface area contributed by atoms with E-state index in [1.165, 1.54) is 23.1 Å². The van der Waals surface area contributed by atoms with Gasteiger partial charge in [0.2, 0.25) is 0 Å². The van der Waals surface area contributed by atoms with Crippen molar-refractivity contribution in [3.8, 4) is 0 Å². The van der Waals surface area contributed by atoms with Gasteiger partial charge in [-0.25, -0.2) is 0 Å². The molecular weight excluding hydrogens is 218 g/mol. The van der Waals surface area contributed by atoms with Crippen LogP contribution in [0.2, 0.25) is 0 Å². The van der Waals surface area contributed by atoms with Gasteiger partial charge in [-0.05, 0) is 36.6 Å². The smallest absolute Gasteiger partial charge is 0.0388 e. The monoisotopic (exact) mass is 237 g/mol. The van der Waals surface area contributed by atoms with Crippen LogP contribution in [0.25, 0.3) is 0 Å². The van der Waals surface area contributed by atoms with E-state index in [4.69, 9.17) is 0 Å². The fraction of sp³-hybridized carbons (Fsp3) is 0.294. The Hall–Kier alpha value is -1.60. The molecule has 0 radical (unpaired) electrons. The Balaban J connectivity index is 1.91. The number of rotatable bonds is 2. The van der Waals surface area contributed by atoms with Gasteiger partial charge in [-0.15, -0.1) is 0 Å². The van der Waals surface area contributed by atoms with Gasteiger partial charge >= 0.3 is 0 Å². The highest BCUT2D eigenvalue weighted by molar-refractivity contribution is 5.34. The Bertz CT molecular complexity index is 518. The molecule has 0 amide bonds. The summed E-state index contributed by atoms with van der Waals surface area (Å²) in [4.78, 5) is 2.48. The number of likely N-dealkylation sites (N-methyl/N-ethyl adjacent to an activating group) is 1. The highest BCUT2D eigenvalue weighted by Crippen LogP contribution is 2.31. The zero-order valence-corrected chi connectivity index (χ0v) is 10.8. The van der Waals surface area contributed by atoms with E-state index in [1.54, 1.807) is 0 Å². The predicted molar refractivity (Wildman–Crippen MR) is 75.7 cm³/mol. The van der Waals surface area contributed by atoms with Gasteiger partial charge in [0, 0.05) is 12.6 Å². The second-order valence-electron chi connectivity index (χ2n) is 5.13. The Labute approximate surface area is 109 Å². The third kappa shape index (κ3) is 2.19. The zero-order valence-electron chi connectivity index (χ0n) is 10.8. The maximum Gasteiger partial charge on any atom is 0.0388 e. The van der Waals surface area contributed by atoms with Gasteiger partial charge in [0.1, 0.15) is 0 Å². The maximum absolute atomic E-state index is 2.48. The van der Waals surface area contributed by atoms with Crippen molar-refractivity contribution in [2.24, 2.45) is 0 Å². The largest absolute Gasteiger partial charge is 0.299 e. The van der Waals surface area contributed by atoms with Gasteiger partial charge in [-0.2, -0.15) is 0 Å². The van der Waals surface area contributed by atoms with Crippen molar-refractivity contribution in [3.05, 3.63) is 71.3 Å². The van der Waals surface area contributed by atoms with Gasteiger partial charge in [0.25, 0.3) is 0 Å². The van der Waals surface area contributed by atoms with E-state index < -0.39 is 0 Å². The standard InChI is InChI=1S/C17H19N/c1-18-12-11-15-9-5-6-10-16(15)17(18)13-14-7-3-2-4-8-14/h2-10,17H,11-13H2,1H3. The molecule has 1 aliphatic heterocycles. The van der Waals surface area contributed by atoms with Crippen LogP contribution in [0.4, 0.5) is 0 Å². The number of hydrogen-bond donors (Lipinski definition) is 0. The summed E-state index contributed by atoms with van der Waals surface area (Å²) in [5.74, 6) is 0. The fourth-order valence-electron chi connectivity index (χ4n) is 2.88. The van der Waals surface area contributed by atoms with Crippen molar-refractivity contribution in [1.29, 1.82) is 0 Å². The molecule has 1 atom stereocenters. The Morgan fingerprint density at radius 2 is 1.72 bits per heavy atom. The molecule has 0 N–H and O–H groups in total. The van der Waals surface area contributed by atoms with Crippen LogP contribution in [0, 0.1) is 0 Å². The molecule has 0 fully saturated rings. The molecule has 1 heterocycles. The number of fused-ring (bicyclic) bond motifs is 1. The topological polar surface area (TPSA) is 3.24 Å². The first kappa shape index (κ1) is 11.5. The first-order valence-corrected chi connectivity index (χ1v) is 6.66. The fourth-order valence-corrected chi connectivity index (χ4v) is 2.88. The molecule has 0 saturated carbocycles. The average Bonchev–Trinajstić information content (AvgIpc) is 2.43. The molecule has 0 saturated heterocycles. The number of nitrogens with zero attached hydrogens (tertiary/aromatic N) is 1. The lowest BCUT2D eigenvalue weighted by Crippen LogP contribution is -2.33. The van der Waals surface area contributed by atoms with E-state index in [2.05, 4.69) is 66.5 Å². The quantitative estimate of drug-likeness (QED) is 0.773. The average molecular weight is 237 g/mol.